The van der Waals surface area contributed by atoms with E-state index in [1.54, 1.807) is 24.3 Å². The Morgan fingerprint density at radius 2 is 1.90 bits per heavy atom. The molecule has 0 radical (unpaired) electrons. The molecule has 2 aliphatic rings. The number of fused-ring (bicyclic) bond motifs is 2. The molecule has 0 saturated heterocycles. The molecule has 8 heteroatoms. The third-order valence-corrected chi connectivity index (χ3v) is 5.09. The van der Waals surface area contributed by atoms with Gasteiger partial charge in [0.15, 0.2) is 6.10 Å². The minimum Gasteiger partial charge on any atom is -0.477 e. The highest BCUT2D eigenvalue weighted by atomic mass is 16.5. The van der Waals surface area contributed by atoms with Crippen molar-refractivity contribution in [2.45, 2.75) is 6.10 Å². The average molecular weight is 405 g/mol. The number of rotatable bonds is 4. The zero-order valence-electron chi connectivity index (χ0n) is 16.3. The van der Waals surface area contributed by atoms with Crippen LogP contribution in [0.5, 0.6) is 5.75 Å². The van der Waals surface area contributed by atoms with Crippen LogP contribution in [-0.2, 0) is 4.79 Å². The van der Waals surface area contributed by atoms with Crippen molar-refractivity contribution in [1.82, 2.24) is 10.2 Å². The number of likely N-dealkylation sites (N-methyl/N-ethyl adjacent to an activating group) is 1. The lowest BCUT2D eigenvalue weighted by atomic mass is 10.0. The van der Waals surface area contributed by atoms with Gasteiger partial charge in [0.2, 0.25) is 0 Å². The summed E-state index contributed by atoms with van der Waals surface area (Å²) in [6.07, 6.45) is 0.603. The van der Waals surface area contributed by atoms with Crippen LogP contribution in [0.3, 0.4) is 0 Å². The Balaban J connectivity index is 1.70. The quantitative estimate of drug-likeness (QED) is 0.616. The minimum atomic E-state index is -0.866. The SMILES string of the molecule is C=CCN1C(=O)c2ccc(C(=O)N3C[C@H](C(=O)NC)Oc4ccccc43)cc2C1=O. The number of amides is 4. The van der Waals surface area contributed by atoms with Gasteiger partial charge >= 0.3 is 0 Å². The highest BCUT2D eigenvalue weighted by molar-refractivity contribution is 6.22. The number of nitrogens with one attached hydrogen (secondary N) is 1. The smallest absolute Gasteiger partial charge is 0.262 e. The highest BCUT2D eigenvalue weighted by Gasteiger charge is 2.37. The second kappa shape index (κ2) is 7.47. The largest absolute Gasteiger partial charge is 0.477 e. The van der Waals surface area contributed by atoms with Gasteiger partial charge in [0, 0.05) is 19.2 Å². The summed E-state index contributed by atoms with van der Waals surface area (Å²) < 4.78 is 5.73. The predicted octanol–water partition coefficient (Wildman–Crippen LogP) is 1.62. The summed E-state index contributed by atoms with van der Waals surface area (Å²) in [5.74, 6) is -1.21. The molecule has 30 heavy (non-hydrogen) atoms. The molecule has 0 bridgehead atoms. The zero-order chi connectivity index (χ0) is 21.4. The summed E-state index contributed by atoms with van der Waals surface area (Å²) in [6, 6.07) is 11.3. The fourth-order valence-electron chi connectivity index (χ4n) is 3.60. The highest BCUT2D eigenvalue weighted by Crippen LogP contribution is 2.34. The van der Waals surface area contributed by atoms with Gasteiger partial charge in [-0.05, 0) is 30.3 Å². The molecule has 4 rings (SSSR count). The van der Waals surface area contributed by atoms with Gasteiger partial charge in [-0.3, -0.25) is 24.1 Å². The minimum absolute atomic E-state index is 0.0159. The van der Waals surface area contributed by atoms with E-state index in [1.807, 2.05) is 0 Å². The van der Waals surface area contributed by atoms with E-state index in [2.05, 4.69) is 11.9 Å². The van der Waals surface area contributed by atoms with E-state index in [1.165, 1.54) is 36.2 Å². The molecule has 0 aliphatic carbocycles. The van der Waals surface area contributed by atoms with Crippen LogP contribution in [0.15, 0.2) is 55.1 Å². The molecule has 0 fully saturated rings. The topological polar surface area (TPSA) is 96.0 Å². The van der Waals surface area contributed by atoms with Gasteiger partial charge < -0.3 is 15.0 Å². The second-order valence-electron chi connectivity index (χ2n) is 6.87. The van der Waals surface area contributed by atoms with Crippen molar-refractivity contribution < 1.29 is 23.9 Å². The Hall–Kier alpha value is -3.94. The van der Waals surface area contributed by atoms with Crippen LogP contribution in [0.4, 0.5) is 5.69 Å². The number of ether oxygens (including phenoxy) is 1. The van der Waals surface area contributed by atoms with Gasteiger partial charge in [-0.15, -0.1) is 6.58 Å². The number of para-hydroxylation sites is 2. The maximum absolute atomic E-state index is 13.3. The molecule has 1 atom stereocenters. The van der Waals surface area contributed by atoms with Crippen molar-refractivity contribution in [1.29, 1.82) is 0 Å². The summed E-state index contributed by atoms with van der Waals surface area (Å²) >= 11 is 0. The van der Waals surface area contributed by atoms with Crippen LogP contribution >= 0.6 is 0 Å². The van der Waals surface area contributed by atoms with E-state index in [-0.39, 0.29) is 35.7 Å². The van der Waals surface area contributed by atoms with E-state index < -0.39 is 23.8 Å². The normalized spacial score (nSPS) is 17.2. The van der Waals surface area contributed by atoms with Gasteiger partial charge in [-0.2, -0.15) is 0 Å². The molecule has 2 aliphatic heterocycles. The van der Waals surface area contributed by atoms with Crippen molar-refractivity contribution in [3.63, 3.8) is 0 Å². The van der Waals surface area contributed by atoms with E-state index in [9.17, 15) is 19.2 Å². The Bertz CT molecular complexity index is 1090. The van der Waals surface area contributed by atoms with Crippen molar-refractivity contribution >= 4 is 29.3 Å². The lowest BCUT2D eigenvalue weighted by molar-refractivity contribution is -0.127. The third-order valence-electron chi connectivity index (χ3n) is 5.09. The predicted molar refractivity (Wildman–Crippen MR) is 109 cm³/mol. The van der Waals surface area contributed by atoms with Crippen molar-refractivity contribution in [3.8, 4) is 5.75 Å². The first-order valence-corrected chi connectivity index (χ1v) is 9.36. The van der Waals surface area contributed by atoms with Gasteiger partial charge in [0.1, 0.15) is 5.75 Å². The average Bonchev–Trinajstić information content (AvgIpc) is 3.01. The van der Waals surface area contributed by atoms with Gasteiger partial charge in [-0.25, -0.2) is 0 Å². The molecule has 8 nitrogen and oxygen atoms in total. The molecular weight excluding hydrogens is 386 g/mol. The van der Waals surface area contributed by atoms with E-state index in [0.29, 0.717) is 11.4 Å². The molecule has 152 valence electrons. The van der Waals surface area contributed by atoms with Crippen molar-refractivity contribution in [2.24, 2.45) is 0 Å². The number of anilines is 1. The van der Waals surface area contributed by atoms with Crippen molar-refractivity contribution in [3.05, 3.63) is 71.8 Å². The van der Waals surface area contributed by atoms with E-state index >= 15 is 0 Å². The molecule has 2 heterocycles. The molecule has 0 aromatic heterocycles. The first-order chi connectivity index (χ1) is 14.5. The zero-order valence-corrected chi connectivity index (χ0v) is 16.3. The number of imide groups is 1. The number of carbonyl (C=O) groups excluding carboxylic acids is 4. The number of carbonyl (C=O) groups is 4. The van der Waals surface area contributed by atoms with Crippen LogP contribution in [-0.4, -0.2) is 54.8 Å². The number of hydrogen-bond donors (Lipinski definition) is 1. The fourth-order valence-corrected chi connectivity index (χ4v) is 3.60. The second-order valence-corrected chi connectivity index (χ2v) is 6.87. The Morgan fingerprint density at radius 3 is 2.63 bits per heavy atom. The van der Waals surface area contributed by atoms with E-state index in [0.717, 1.165) is 4.90 Å². The molecule has 2 aromatic rings. The molecule has 4 amide bonds. The Kier molecular flexibility index (Phi) is 4.83. The molecule has 2 aromatic carbocycles. The van der Waals surface area contributed by atoms with Crippen LogP contribution in [0.2, 0.25) is 0 Å². The van der Waals surface area contributed by atoms with Crippen LogP contribution in [0.1, 0.15) is 31.1 Å². The summed E-state index contributed by atoms with van der Waals surface area (Å²) in [4.78, 5) is 53.0. The molecule has 0 saturated carbocycles. The van der Waals surface area contributed by atoms with Gasteiger partial charge in [-0.1, -0.05) is 18.2 Å². The first kappa shape index (κ1) is 19.4. The van der Waals surface area contributed by atoms with Crippen molar-refractivity contribution in [2.75, 3.05) is 25.0 Å². The maximum atomic E-state index is 13.3. The van der Waals surface area contributed by atoms with Crippen LogP contribution < -0.4 is 15.0 Å². The summed E-state index contributed by atoms with van der Waals surface area (Å²) in [7, 11) is 1.50. The van der Waals surface area contributed by atoms with Crippen LogP contribution in [0, 0.1) is 0 Å². The summed E-state index contributed by atoms with van der Waals surface area (Å²) in [6.45, 7) is 3.67. The lowest BCUT2D eigenvalue weighted by Gasteiger charge is -2.34. The summed E-state index contributed by atoms with van der Waals surface area (Å²) in [5, 5.41) is 2.53. The molecule has 0 unspecified atom stereocenters. The first-order valence-electron chi connectivity index (χ1n) is 9.36. The summed E-state index contributed by atoms with van der Waals surface area (Å²) in [5.41, 5.74) is 1.20. The lowest BCUT2D eigenvalue weighted by Crippen LogP contribution is -2.50. The third kappa shape index (κ3) is 3.02. The Labute approximate surface area is 172 Å². The Morgan fingerprint density at radius 1 is 1.17 bits per heavy atom. The maximum Gasteiger partial charge on any atom is 0.262 e. The molecule has 1 N–H and O–H groups in total. The molecular formula is C22H19N3O5. The van der Waals surface area contributed by atoms with Gasteiger partial charge in [0.25, 0.3) is 23.6 Å². The standard InChI is InChI=1S/C22H19N3O5/c1-3-10-24-21(28)14-9-8-13(11-15(14)22(24)29)20(27)25-12-18(19(26)23-2)30-17-7-5-4-6-16(17)25/h3-9,11,18H,1,10,12H2,2H3,(H,23,26)/t18-/m1/s1. The number of nitrogens with zero attached hydrogens (tertiary/aromatic N) is 2. The van der Waals surface area contributed by atoms with Crippen LogP contribution in [0.25, 0.3) is 0 Å². The molecule has 0 spiro atoms. The van der Waals surface area contributed by atoms with Gasteiger partial charge in [0.05, 0.1) is 23.4 Å². The van der Waals surface area contributed by atoms with E-state index in [4.69, 9.17) is 4.74 Å². The monoisotopic (exact) mass is 405 g/mol. The number of hydrogen-bond acceptors (Lipinski definition) is 5. The number of benzene rings is 2. The fraction of sp³-hybridized carbons (Fsp3) is 0.182.